The summed E-state index contributed by atoms with van der Waals surface area (Å²) in [4.78, 5) is 52.2. The quantitative estimate of drug-likeness (QED) is 0.365. The van der Waals surface area contributed by atoms with E-state index in [4.69, 9.17) is 15.6 Å². The number of aliphatic carboxylic acids is 1. The molecule has 0 radical (unpaired) electrons. The Balaban J connectivity index is 1.94. The van der Waals surface area contributed by atoms with Gasteiger partial charge in [-0.15, -0.1) is 0 Å². The van der Waals surface area contributed by atoms with Crippen molar-refractivity contribution in [2.24, 2.45) is 4.99 Å². The number of amides is 1. The van der Waals surface area contributed by atoms with Gasteiger partial charge in [0.25, 0.3) is 5.56 Å². The lowest BCUT2D eigenvalue weighted by molar-refractivity contribution is -0.139. The summed E-state index contributed by atoms with van der Waals surface area (Å²) < 4.78 is 7.50. The van der Waals surface area contributed by atoms with Crippen molar-refractivity contribution < 1.29 is 19.4 Å². The zero-order chi connectivity index (χ0) is 26.2. The van der Waals surface area contributed by atoms with Crippen molar-refractivity contribution in [3.05, 3.63) is 80.5 Å². The van der Waals surface area contributed by atoms with Gasteiger partial charge in [0.1, 0.15) is 11.6 Å². The van der Waals surface area contributed by atoms with Gasteiger partial charge in [-0.3, -0.25) is 18.7 Å². The van der Waals surface area contributed by atoms with E-state index < -0.39 is 23.8 Å². The zero-order valence-corrected chi connectivity index (χ0v) is 19.9. The molecule has 0 aliphatic carbocycles. The number of ether oxygens (including phenoxy) is 1. The molecule has 0 aliphatic rings. The van der Waals surface area contributed by atoms with Gasteiger partial charge in [0.2, 0.25) is 5.91 Å². The van der Waals surface area contributed by atoms with Crippen molar-refractivity contribution in [3.63, 3.8) is 0 Å². The summed E-state index contributed by atoms with van der Waals surface area (Å²) in [7, 11) is 0. The molecule has 1 amide bonds. The minimum absolute atomic E-state index is 0.0656. The standard InChI is InChI=1S/C25H27N5O6/c1-3-12-29-24(34)22(27-13-17-6-10-20(11-7-17)36-15-21(32)33)23(26)30(25(29)35)14-18-4-8-19(9-5-18)28-16(2)31/h4-11,13H,3,12,14-15,26H2,1-2H3,(H,28,31)(H,32,33). The number of nitrogens with two attached hydrogens (primary N) is 1. The van der Waals surface area contributed by atoms with Crippen molar-refractivity contribution in [3.8, 4) is 5.75 Å². The molecule has 0 saturated carbocycles. The van der Waals surface area contributed by atoms with Crippen LogP contribution in [0, 0.1) is 0 Å². The summed E-state index contributed by atoms with van der Waals surface area (Å²) in [6.07, 6.45) is 1.99. The first-order valence-corrected chi connectivity index (χ1v) is 11.2. The van der Waals surface area contributed by atoms with Crippen LogP contribution < -0.4 is 27.0 Å². The molecule has 3 aromatic rings. The largest absolute Gasteiger partial charge is 0.482 e. The highest BCUT2D eigenvalue weighted by Crippen LogP contribution is 2.18. The lowest BCUT2D eigenvalue weighted by Crippen LogP contribution is -2.41. The van der Waals surface area contributed by atoms with Crippen LogP contribution in [0.25, 0.3) is 0 Å². The molecule has 36 heavy (non-hydrogen) atoms. The first-order valence-electron chi connectivity index (χ1n) is 11.2. The van der Waals surface area contributed by atoms with E-state index in [-0.39, 0.29) is 30.5 Å². The van der Waals surface area contributed by atoms with Crippen molar-refractivity contribution in [2.45, 2.75) is 33.4 Å². The van der Waals surface area contributed by atoms with Gasteiger partial charge in [-0.1, -0.05) is 19.1 Å². The smallest absolute Gasteiger partial charge is 0.341 e. The second-order valence-electron chi connectivity index (χ2n) is 7.95. The Morgan fingerprint density at radius 2 is 1.75 bits per heavy atom. The van der Waals surface area contributed by atoms with Gasteiger partial charge in [0.05, 0.1) is 6.54 Å². The predicted molar refractivity (Wildman–Crippen MR) is 136 cm³/mol. The number of rotatable bonds is 10. The fourth-order valence-corrected chi connectivity index (χ4v) is 3.41. The van der Waals surface area contributed by atoms with Gasteiger partial charge in [-0.2, -0.15) is 0 Å². The first kappa shape index (κ1) is 25.9. The topological polar surface area (TPSA) is 158 Å². The number of nitrogens with zero attached hydrogens (tertiary/aromatic N) is 3. The molecule has 1 heterocycles. The number of benzene rings is 2. The van der Waals surface area contributed by atoms with E-state index in [1.807, 2.05) is 6.92 Å². The SMILES string of the molecule is CCCn1c(=O)c(N=Cc2ccc(OCC(=O)O)cc2)c(N)n(Cc2ccc(NC(C)=O)cc2)c1=O. The number of carboxylic acid groups (broad SMARTS) is 1. The highest BCUT2D eigenvalue weighted by atomic mass is 16.5. The van der Waals surface area contributed by atoms with Gasteiger partial charge in [0, 0.05) is 25.4 Å². The molecule has 1 aromatic heterocycles. The lowest BCUT2D eigenvalue weighted by atomic mass is 10.2. The van der Waals surface area contributed by atoms with Gasteiger partial charge in [-0.05, 0) is 53.9 Å². The lowest BCUT2D eigenvalue weighted by Gasteiger charge is -2.15. The Bertz CT molecular complexity index is 1390. The summed E-state index contributed by atoms with van der Waals surface area (Å²) >= 11 is 0. The van der Waals surface area contributed by atoms with Gasteiger partial charge >= 0.3 is 11.7 Å². The second-order valence-corrected chi connectivity index (χ2v) is 7.95. The van der Waals surface area contributed by atoms with Crippen LogP contribution >= 0.6 is 0 Å². The number of hydrogen-bond donors (Lipinski definition) is 3. The maximum atomic E-state index is 13.1. The van der Waals surface area contributed by atoms with Crippen molar-refractivity contribution in [1.82, 2.24) is 9.13 Å². The monoisotopic (exact) mass is 493 g/mol. The molecule has 11 nitrogen and oxygen atoms in total. The van der Waals surface area contributed by atoms with E-state index >= 15 is 0 Å². The van der Waals surface area contributed by atoms with Gasteiger partial charge in [-0.25, -0.2) is 14.6 Å². The van der Waals surface area contributed by atoms with E-state index in [0.29, 0.717) is 23.4 Å². The van der Waals surface area contributed by atoms with Gasteiger partial charge in [0.15, 0.2) is 12.3 Å². The number of carboxylic acids is 1. The summed E-state index contributed by atoms with van der Waals surface area (Å²) in [5.74, 6) is -0.976. The zero-order valence-electron chi connectivity index (χ0n) is 19.9. The Labute approximate surface area is 206 Å². The Morgan fingerprint density at radius 3 is 2.33 bits per heavy atom. The molecule has 2 aromatic carbocycles. The fraction of sp³-hybridized carbons (Fsp3) is 0.240. The number of nitrogen functional groups attached to an aromatic ring is 1. The summed E-state index contributed by atoms with van der Waals surface area (Å²) in [6.45, 7) is 3.11. The highest BCUT2D eigenvalue weighted by molar-refractivity contribution is 5.88. The molecule has 0 spiro atoms. The Morgan fingerprint density at radius 1 is 1.08 bits per heavy atom. The van der Waals surface area contributed by atoms with Gasteiger partial charge < -0.3 is 20.9 Å². The summed E-state index contributed by atoms with van der Waals surface area (Å²) in [6, 6.07) is 13.4. The molecule has 0 atom stereocenters. The number of hydrogen-bond acceptors (Lipinski definition) is 7. The number of carbonyl (C=O) groups is 2. The molecule has 0 unspecified atom stereocenters. The third-order valence-corrected chi connectivity index (χ3v) is 5.09. The molecule has 0 bridgehead atoms. The molecule has 0 fully saturated rings. The average Bonchev–Trinajstić information content (AvgIpc) is 2.84. The van der Waals surface area contributed by atoms with Crippen LogP contribution in [-0.2, 0) is 22.7 Å². The third kappa shape index (κ3) is 6.47. The average molecular weight is 494 g/mol. The van der Waals surface area contributed by atoms with Crippen LogP contribution in [-0.4, -0.2) is 38.9 Å². The van der Waals surface area contributed by atoms with E-state index in [9.17, 15) is 19.2 Å². The van der Waals surface area contributed by atoms with Crippen LogP contribution in [0.1, 0.15) is 31.4 Å². The summed E-state index contributed by atoms with van der Waals surface area (Å²) in [5.41, 5.74) is 7.04. The molecule has 3 rings (SSSR count). The van der Waals surface area contributed by atoms with Crippen molar-refractivity contribution in [2.75, 3.05) is 17.7 Å². The second kappa shape index (κ2) is 11.6. The maximum Gasteiger partial charge on any atom is 0.341 e. The molecule has 0 aliphatic heterocycles. The van der Waals surface area contributed by atoms with E-state index in [1.54, 1.807) is 48.5 Å². The number of aromatic nitrogens is 2. The van der Waals surface area contributed by atoms with Crippen LogP contribution in [0.5, 0.6) is 5.75 Å². The molecular formula is C25H27N5O6. The minimum Gasteiger partial charge on any atom is -0.482 e. The van der Waals surface area contributed by atoms with Crippen molar-refractivity contribution >= 4 is 35.3 Å². The van der Waals surface area contributed by atoms with Crippen LogP contribution in [0.4, 0.5) is 17.2 Å². The Kier molecular flexibility index (Phi) is 8.39. The van der Waals surface area contributed by atoms with E-state index in [2.05, 4.69) is 10.3 Å². The number of carbonyl (C=O) groups excluding carboxylic acids is 1. The molecule has 4 N–H and O–H groups in total. The molecular weight excluding hydrogens is 466 g/mol. The predicted octanol–water partition coefficient (Wildman–Crippen LogP) is 2.22. The van der Waals surface area contributed by atoms with Crippen LogP contribution in [0.2, 0.25) is 0 Å². The first-order chi connectivity index (χ1) is 17.2. The number of nitrogens with one attached hydrogen (secondary N) is 1. The summed E-state index contributed by atoms with van der Waals surface area (Å²) in [5, 5.41) is 11.4. The van der Waals surface area contributed by atoms with Crippen LogP contribution in [0.3, 0.4) is 0 Å². The fourth-order valence-electron chi connectivity index (χ4n) is 3.41. The maximum absolute atomic E-state index is 13.1. The highest BCUT2D eigenvalue weighted by Gasteiger charge is 2.17. The minimum atomic E-state index is -1.08. The van der Waals surface area contributed by atoms with E-state index in [1.165, 1.54) is 17.7 Å². The van der Waals surface area contributed by atoms with Crippen molar-refractivity contribution in [1.29, 1.82) is 0 Å². The number of aliphatic imine (C=N–C) groups is 1. The van der Waals surface area contributed by atoms with E-state index in [0.717, 1.165) is 10.1 Å². The molecule has 11 heteroatoms. The van der Waals surface area contributed by atoms with Crippen LogP contribution in [0.15, 0.2) is 63.1 Å². The number of anilines is 2. The normalized spacial score (nSPS) is 10.9. The molecule has 188 valence electrons. The molecule has 0 saturated heterocycles. The third-order valence-electron chi connectivity index (χ3n) is 5.09. The Hall–Kier alpha value is -4.67.